The van der Waals surface area contributed by atoms with Crippen molar-refractivity contribution < 1.29 is 14.3 Å². The predicted octanol–water partition coefficient (Wildman–Crippen LogP) is -0.648. The maximum Gasteiger partial charge on any atom is 0.251 e. The van der Waals surface area contributed by atoms with Gasteiger partial charge in [-0.2, -0.15) is 0 Å². The van der Waals surface area contributed by atoms with Gasteiger partial charge >= 0.3 is 0 Å². The Morgan fingerprint density at radius 2 is 2.07 bits per heavy atom. The largest absolute Gasteiger partial charge is 0.378 e. The molecule has 1 amide bonds. The highest BCUT2D eigenvalue weighted by Crippen LogP contribution is 2.20. The van der Waals surface area contributed by atoms with Crippen molar-refractivity contribution in [3.05, 3.63) is 0 Å². The maximum atomic E-state index is 12.0. The summed E-state index contributed by atoms with van der Waals surface area (Å²) in [6.07, 6.45) is 1.51. The molecule has 2 saturated heterocycles. The molecule has 5 heteroatoms. The van der Waals surface area contributed by atoms with E-state index in [1.165, 1.54) is 0 Å². The second-order valence-corrected chi connectivity index (χ2v) is 4.00. The summed E-state index contributed by atoms with van der Waals surface area (Å²) in [6.45, 7) is 3.16. The number of morpholine rings is 1. The van der Waals surface area contributed by atoms with Crippen LogP contribution in [-0.4, -0.2) is 55.9 Å². The maximum absolute atomic E-state index is 12.0. The van der Waals surface area contributed by atoms with Crippen LogP contribution in [-0.2, 0) is 14.3 Å². The van der Waals surface area contributed by atoms with Crippen molar-refractivity contribution in [3.8, 4) is 0 Å². The molecule has 0 bridgehead atoms. The fourth-order valence-electron chi connectivity index (χ4n) is 2.05. The number of amides is 1. The van der Waals surface area contributed by atoms with Crippen LogP contribution >= 0.6 is 0 Å². The second kappa shape index (κ2) is 4.92. The highest BCUT2D eigenvalue weighted by Gasteiger charge is 2.33. The van der Waals surface area contributed by atoms with Crippen molar-refractivity contribution >= 4 is 5.91 Å². The molecule has 0 saturated carbocycles. The fraction of sp³-hybridized carbons (Fsp3) is 0.900. The monoisotopic (exact) mass is 214 g/mol. The molecule has 2 N–H and O–H groups in total. The molecule has 0 aromatic heterocycles. The molecular formula is C10H18N2O3. The Hall–Kier alpha value is -0.650. The third-order valence-electron chi connectivity index (χ3n) is 2.97. The summed E-state index contributed by atoms with van der Waals surface area (Å²) in [5, 5.41) is 0. The minimum atomic E-state index is -0.267. The summed E-state index contributed by atoms with van der Waals surface area (Å²) in [6, 6.07) is 0. The van der Waals surface area contributed by atoms with E-state index in [1.54, 1.807) is 0 Å². The summed E-state index contributed by atoms with van der Waals surface area (Å²) in [4.78, 5) is 13.8. The summed E-state index contributed by atoms with van der Waals surface area (Å²) in [5.74, 6) is 0.106. The van der Waals surface area contributed by atoms with Gasteiger partial charge in [0.1, 0.15) is 6.10 Å². The molecule has 2 rings (SSSR count). The van der Waals surface area contributed by atoms with Crippen LogP contribution in [0.2, 0.25) is 0 Å². The molecule has 0 spiro atoms. The van der Waals surface area contributed by atoms with Gasteiger partial charge in [-0.05, 0) is 12.8 Å². The minimum Gasteiger partial charge on any atom is -0.378 e. The lowest BCUT2D eigenvalue weighted by atomic mass is 10.2. The van der Waals surface area contributed by atoms with Gasteiger partial charge < -0.3 is 20.1 Å². The number of carbonyl (C=O) groups excluding carboxylic acids is 1. The Morgan fingerprint density at radius 3 is 2.67 bits per heavy atom. The van der Waals surface area contributed by atoms with E-state index in [0.29, 0.717) is 32.8 Å². The normalized spacial score (nSPS) is 31.9. The first kappa shape index (κ1) is 10.9. The fourth-order valence-corrected chi connectivity index (χ4v) is 2.05. The van der Waals surface area contributed by atoms with Crippen molar-refractivity contribution in [1.29, 1.82) is 0 Å². The number of rotatable bonds is 2. The molecule has 2 aliphatic heterocycles. The van der Waals surface area contributed by atoms with Crippen LogP contribution in [0.25, 0.3) is 0 Å². The van der Waals surface area contributed by atoms with Gasteiger partial charge in [-0.3, -0.25) is 4.79 Å². The lowest BCUT2D eigenvalue weighted by Gasteiger charge is -2.29. The number of ether oxygens (including phenoxy) is 2. The highest BCUT2D eigenvalue weighted by molar-refractivity contribution is 5.81. The van der Waals surface area contributed by atoms with E-state index in [0.717, 1.165) is 12.8 Å². The zero-order valence-electron chi connectivity index (χ0n) is 8.85. The molecule has 5 nitrogen and oxygen atoms in total. The van der Waals surface area contributed by atoms with Gasteiger partial charge in [0.2, 0.25) is 0 Å². The topological polar surface area (TPSA) is 64.8 Å². The Morgan fingerprint density at radius 1 is 1.33 bits per heavy atom. The van der Waals surface area contributed by atoms with Crippen LogP contribution in [0.4, 0.5) is 0 Å². The average molecular weight is 214 g/mol. The molecule has 0 aliphatic carbocycles. The van der Waals surface area contributed by atoms with Gasteiger partial charge in [-0.25, -0.2) is 0 Å². The van der Waals surface area contributed by atoms with Gasteiger partial charge in [0.15, 0.2) is 0 Å². The van der Waals surface area contributed by atoms with Crippen LogP contribution in [0.1, 0.15) is 12.8 Å². The quantitative estimate of drug-likeness (QED) is 0.663. The Kier molecular flexibility index (Phi) is 3.56. The molecular weight excluding hydrogens is 196 g/mol. The molecule has 2 fully saturated rings. The minimum absolute atomic E-state index is 0.0694. The van der Waals surface area contributed by atoms with Gasteiger partial charge in [-0.1, -0.05) is 0 Å². The number of nitrogens with two attached hydrogens (primary N) is 1. The summed E-state index contributed by atoms with van der Waals surface area (Å²) >= 11 is 0. The molecule has 2 heterocycles. The molecule has 15 heavy (non-hydrogen) atoms. The van der Waals surface area contributed by atoms with Crippen LogP contribution in [0.3, 0.4) is 0 Å². The summed E-state index contributed by atoms with van der Waals surface area (Å²) in [7, 11) is 0. The SMILES string of the molecule is NC[C@H]1CC[C@@H](C(=O)N2CCOCC2)O1. The van der Waals surface area contributed by atoms with E-state index in [9.17, 15) is 4.79 Å². The van der Waals surface area contributed by atoms with E-state index >= 15 is 0 Å². The molecule has 86 valence electrons. The van der Waals surface area contributed by atoms with E-state index < -0.39 is 0 Å². The molecule has 0 aromatic carbocycles. The summed E-state index contributed by atoms with van der Waals surface area (Å²) < 4.78 is 10.8. The zero-order chi connectivity index (χ0) is 10.7. The van der Waals surface area contributed by atoms with Crippen molar-refractivity contribution in [2.45, 2.75) is 25.0 Å². The van der Waals surface area contributed by atoms with Crippen molar-refractivity contribution in [2.75, 3.05) is 32.8 Å². The predicted molar refractivity (Wildman–Crippen MR) is 54.3 cm³/mol. The third-order valence-corrected chi connectivity index (χ3v) is 2.97. The first-order valence-electron chi connectivity index (χ1n) is 5.53. The van der Waals surface area contributed by atoms with Crippen LogP contribution in [0, 0.1) is 0 Å². The smallest absolute Gasteiger partial charge is 0.251 e. The Balaban J connectivity index is 1.85. The van der Waals surface area contributed by atoms with Gasteiger partial charge in [0.05, 0.1) is 19.3 Å². The van der Waals surface area contributed by atoms with E-state index in [2.05, 4.69) is 0 Å². The first-order chi connectivity index (χ1) is 7.31. The first-order valence-corrected chi connectivity index (χ1v) is 5.53. The third kappa shape index (κ3) is 2.48. The molecule has 0 aromatic rings. The van der Waals surface area contributed by atoms with E-state index in [4.69, 9.17) is 15.2 Å². The lowest BCUT2D eigenvalue weighted by Crippen LogP contribution is -2.45. The van der Waals surface area contributed by atoms with Gasteiger partial charge in [-0.15, -0.1) is 0 Å². The second-order valence-electron chi connectivity index (χ2n) is 4.00. The molecule has 2 aliphatic rings. The Bertz CT molecular complexity index is 229. The molecule has 0 radical (unpaired) electrons. The van der Waals surface area contributed by atoms with Crippen LogP contribution in [0.5, 0.6) is 0 Å². The lowest BCUT2D eigenvalue weighted by molar-refractivity contribution is -0.146. The van der Waals surface area contributed by atoms with Crippen molar-refractivity contribution in [1.82, 2.24) is 4.90 Å². The number of carbonyl (C=O) groups is 1. The van der Waals surface area contributed by atoms with Gasteiger partial charge in [0.25, 0.3) is 5.91 Å². The molecule has 2 atom stereocenters. The Labute approximate surface area is 89.5 Å². The van der Waals surface area contributed by atoms with Crippen molar-refractivity contribution in [3.63, 3.8) is 0 Å². The van der Waals surface area contributed by atoms with E-state index in [-0.39, 0.29) is 18.1 Å². The van der Waals surface area contributed by atoms with Crippen LogP contribution < -0.4 is 5.73 Å². The number of hydrogen-bond donors (Lipinski definition) is 1. The zero-order valence-corrected chi connectivity index (χ0v) is 8.85. The number of nitrogens with zero attached hydrogens (tertiary/aromatic N) is 1. The molecule has 0 unspecified atom stereocenters. The van der Waals surface area contributed by atoms with Gasteiger partial charge in [0, 0.05) is 19.6 Å². The van der Waals surface area contributed by atoms with Crippen LogP contribution in [0.15, 0.2) is 0 Å². The van der Waals surface area contributed by atoms with E-state index in [1.807, 2.05) is 4.90 Å². The summed E-state index contributed by atoms with van der Waals surface area (Å²) in [5.41, 5.74) is 5.50. The standard InChI is InChI=1S/C10H18N2O3/c11-7-8-1-2-9(15-8)10(13)12-3-5-14-6-4-12/h8-9H,1-7,11H2/t8-,9+/m1/s1. The average Bonchev–Trinajstić information content (AvgIpc) is 2.78. The number of hydrogen-bond acceptors (Lipinski definition) is 4. The highest BCUT2D eigenvalue weighted by atomic mass is 16.5. The van der Waals surface area contributed by atoms with Crippen molar-refractivity contribution in [2.24, 2.45) is 5.73 Å².